The molecule has 3 aromatic carbocycles. The molecule has 2 heterocycles. The third-order valence-electron chi connectivity index (χ3n) is 6.26. The van der Waals surface area contributed by atoms with Crippen LogP contribution in [0.2, 0.25) is 0 Å². The van der Waals surface area contributed by atoms with E-state index in [1.54, 1.807) is 0 Å². The number of benzene rings is 3. The van der Waals surface area contributed by atoms with Crippen LogP contribution in [-0.2, 0) is 0 Å². The van der Waals surface area contributed by atoms with Crippen molar-refractivity contribution in [1.82, 2.24) is 0 Å². The number of nitrogens with one attached hydrogen (secondary N) is 1. The van der Waals surface area contributed by atoms with Gasteiger partial charge in [0.25, 0.3) is 0 Å². The van der Waals surface area contributed by atoms with Crippen LogP contribution in [0.25, 0.3) is 41.7 Å². The molecule has 0 aliphatic heterocycles. The van der Waals surface area contributed by atoms with Crippen molar-refractivity contribution in [3.05, 3.63) is 52.7 Å². The molecule has 0 amide bonds. The van der Waals surface area contributed by atoms with Crippen molar-refractivity contribution in [3.8, 4) is 0 Å². The lowest BCUT2D eigenvalue weighted by Gasteiger charge is -2.08. The fourth-order valence-corrected chi connectivity index (χ4v) is 6.40. The molecule has 0 aliphatic rings. The van der Waals surface area contributed by atoms with E-state index in [4.69, 9.17) is 0 Å². The van der Waals surface area contributed by atoms with E-state index in [9.17, 15) is 0 Å². The van der Waals surface area contributed by atoms with Gasteiger partial charge in [0.1, 0.15) is 0 Å². The Morgan fingerprint density at radius 2 is 1.33 bits per heavy atom. The number of rotatable bonds is 8. The average molecular weight is 432 g/mol. The smallest absolute Gasteiger partial charge is 0.0529 e. The molecule has 154 valence electrons. The summed E-state index contributed by atoms with van der Waals surface area (Å²) in [5.41, 5.74) is 2.68. The maximum absolute atomic E-state index is 3.70. The Kier molecular flexibility index (Phi) is 5.66. The van der Waals surface area contributed by atoms with E-state index in [1.807, 2.05) is 22.7 Å². The van der Waals surface area contributed by atoms with Gasteiger partial charge < -0.3 is 5.32 Å². The first-order valence-electron chi connectivity index (χ1n) is 11.2. The molecule has 5 aromatic rings. The second-order valence-electron chi connectivity index (χ2n) is 8.47. The lowest BCUT2D eigenvalue weighted by atomic mass is 9.99. The summed E-state index contributed by atoms with van der Waals surface area (Å²) in [4.78, 5) is 0. The highest BCUT2D eigenvalue weighted by atomic mass is 32.1. The van der Waals surface area contributed by atoms with Gasteiger partial charge in [-0.25, -0.2) is 0 Å². The van der Waals surface area contributed by atoms with Crippen molar-refractivity contribution in [2.45, 2.75) is 52.4 Å². The van der Waals surface area contributed by atoms with E-state index in [1.165, 1.54) is 91.5 Å². The van der Waals surface area contributed by atoms with Gasteiger partial charge in [-0.2, -0.15) is 0 Å². The third-order valence-corrected chi connectivity index (χ3v) is 8.27. The van der Waals surface area contributed by atoms with Gasteiger partial charge in [-0.05, 0) is 75.5 Å². The van der Waals surface area contributed by atoms with Crippen molar-refractivity contribution < 1.29 is 0 Å². The second kappa shape index (κ2) is 8.56. The van der Waals surface area contributed by atoms with Gasteiger partial charge >= 0.3 is 0 Å². The molecule has 0 fully saturated rings. The van der Waals surface area contributed by atoms with Crippen LogP contribution in [0.4, 0.5) is 5.69 Å². The predicted octanol–water partition coefficient (Wildman–Crippen LogP) is 9.50. The van der Waals surface area contributed by atoms with Crippen molar-refractivity contribution in [2.24, 2.45) is 0 Å². The van der Waals surface area contributed by atoms with Crippen molar-refractivity contribution in [2.75, 3.05) is 11.9 Å². The maximum atomic E-state index is 3.70. The number of fused-ring (bicyclic) bond motifs is 5. The van der Waals surface area contributed by atoms with Crippen LogP contribution >= 0.6 is 22.7 Å². The molecule has 5 rings (SSSR count). The maximum Gasteiger partial charge on any atom is 0.0529 e. The Morgan fingerprint density at radius 1 is 0.700 bits per heavy atom. The Hall–Kier alpha value is -2.10. The molecule has 0 radical (unpaired) electrons. The highest BCUT2D eigenvalue weighted by molar-refractivity contribution is 7.18. The van der Waals surface area contributed by atoms with Gasteiger partial charge in [0.15, 0.2) is 0 Å². The molecule has 0 saturated heterocycles. The normalized spacial score (nSPS) is 11.9. The van der Waals surface area contributed by atoms with E-state index >= 15 is 0 Å². The summed E-state index contributed by atoms with van der Waals surface area (Å²) in [5, 5.41) is 16.4. The molecular formula is C27H29NS2. The second-order valence-corrected chi connectivity index (χ2v) is 10.3. The molecule has 1 nitrogen and oxygen atoms in total. The zero-order chi connectivity index (χ0) is 20.5. The molecule has 0 spiro atoms. The summed E-state index contributed by atoms with van der Waals surface area (Å²) < 4.78 is 2.77. The fraction of sp³-hybridized carbons (Fsp3) is 0.333. The van der Waals surface area contributed by atoms with Gasteiger partial charge in [0.2, 0.25) is 0 Å². The minimum absolute atomic E-state index is 1.07. The molecule has 0 unspecified atom stereocenters. The highest BCUT2D eigenvalue weighted by Gasteiger charge is 2.10. The van der Waals surface area contributed by atoms with Crippen LogP contribution in [0, 0.1) is 6.92 Å². The molecule has 0 saturated carbocycles. The number of hydrogen-bond acceptors (Lipinski definition) is 3. The van der Waals surface area contributed by atoms with Gasteiger partial charge in [-0.15, -0.1) is 22.7 Å². The van der Waals surface area contributed by atoms with Crippen LogP contribution in [0.3, 0.4) is 0 Å². The summed E-state index contributed by atoms with van der Waals surface area (Å²) in [7, 11) is 0. The van der Waals surface area contributed by atoms with E-state index < -0.39 is 0 Å². The van der Waals surface area contributed by atoms with E-state index in [-0.39, 0.29) is 0 Å². The molecule has 30 heavy (non-hydrogen) atoms. The number of hydrogen-bond donors (Lipinski definition) is 1. The van der Waals surface area contributed by atoms with E-state index in [2.05, 4.69) is 66.3 Å². The molecular weight excluding hydrogens is 402 g/mol. The largest absolute Gasteiger partial charge is 0.384 e. The van der Waals surface area contributed by atoms with Gasteiger partial charge in [-0.1, -0.05) is 51.2 Å². The Labute approximate surface area is 186 Å². The number of aryl methyl sites for hydroxylation is 1. The Balaban J connectivity index is 1.43. The van der Waals surface area contributed by atoms with Crippen LogP contribution in [0.15, 0.2) is 47.2 Å². The molecule has 3 heteroatoms. The van der Waals surface area contributed by atoms with Crippen molar-refractivity contribution in [3.63, 3.8) is 0 Å². The number of unbranched alkanes of at least 4 members (excludes halogenated alkanes) is 5. The monoisotopic (exact) mass is 431 g/mol. The van der Waals surface area contributed by atoms with Crippen LogP contribution in [-0.4, -0.2) is 6.54 Å². The lowest BCUT2D eigenvalue weighted by molar-refractivity contribution is 0.617. The summed E-state index contributed by atoms with van der Waals surface area (Å²) in [5.74, 6) is 0. The first-order chi connectivity index (χ1) is 14.7. The summed E-state index contributed by atoms with van der Waals surface area (Å²) >= 11 is 3.71. The molecule has 0 atom stereocenters. The summed E-state index contributed by atoms with van der Waals surface area (Å²) in [6.45, 7) is 5.56. The average Bonchev–Trinajstić information content (AvgIpc) is 3.33. The number of thiophene rings is 2. The standard InChI is InChI=1S/C27H29NS2/c1-3-4-5-6-7-8-11-28-25-17-30-27-15-23-20(13-24(25)27)10-9-19-12-21-18(2)16-29-26(21)14-22(19)23/h9-10,12-17,28H,3-8,11H2,1-2H3. The fourth-order valence-electron chi connectivity index (χ4n) is 4.50. The third kappa shape index (κ3) is 3.70. The minimum Gasteiger partial charge on any atom is -0.384 e. The topological polar surface area (TPSA) is 12.0 Å². The van der Waals surface area contributed by atoms with Gasteiger partial charge in [0, 0.05) is 26.7 Å². The van der Waals surface area contributed by atoms with Gasteiger partial charge in [-0.3, -0.25) is 0 Å². The summed E-state index contributed by atoms with van der Waals surface area (Å²) in [6, 6.07) is 14.1. The molecule has 2 aromatic heterocycles. The summed E-state index contributed by atoms with van der Waals surface area (Å²) in [6.07, 6.45) is 8.04. The molecule has 0 aliphatic carbocycles. The predicted molar refractivity (Wildman–Crippen MR) is 139 cm³/mol. The van der Waals surface area contributed by atoms with Crippen LogP contribution in [0.1, 0.15) is 51.0 Å². The quantitative estimate of drug-likeness (QED) is 0.190. The van der Waals surface area contributed by atoms with Crippen molar-refractivity contribution >= 4 is 70.1 Å². The first-order valence-corrected chi connectivity index (χ1v) is 13.0. The first kappa shape index (κ1) is 19.8. The van der Waals surface area contributed by atoms with Crippen LogP contribution in [0.5, 0.6) is 0 Å². The lowest BCUT2D eigenvalue weighted by Crippen LogP contribution is -2.00. The minimum atomic E-state index is 1.07. The Bertz CT molecular complexity index is 1320. The van der Waals surface area contributed by atoms with Crippen LogP contribution < -0.4 is 5.32 Å². The zero-order valence-corrected chi connectivity index (χ0v) is 19.5. The van der Waals surface area contributed by atoms with Gasteiger partial charge in [0.05, 0.1) is 5.69 Å². The molecule has 1 N–H and O–H groups in total. The number of anilines is 1. The Morgan fingerprint density at radius 3 is 2.10 bits per heavy atom. The highest BCUT2D eigenvalue weighted by Crippen LogP contribution is 2.38. The zero-order valence-electron chi connectivity index (χ0n) is 17.9. The SMILES string of the molecule is CCCCCCCCNc1csc2cc3c(ccc4cc5c(C)csc5cc43)cc12. The van der Waals surface area contributed by atoms with E-state index in [0.29, 0.717) is 0 Å². The van der Waals surface area contributed by atoms with Crippen molar-refractivity contribution in [1.29, 1.82) is 0 Å². The molecule has 0 bridgehead atoms. The van der Waals surface area contributed by atoms with E-state index in [0.717, 1.165) is 6.54 Å².